The summed E-state index contributed by atoms with van der Waals surface area (Å²) in [6, 6.07) is 26.9. The molecule has 4 rings (SSSR count). The number of hydrogen-bond donors (Lipinski definition) is 1. The Morgan fingerprint density at radius 3 is 1.39 bits per heavy atom. The molecule has 272 valence electrons. The summed E-state index contributed by atoms with van der Waals surface area (Å²) in [5.74, 6) is 0.265. The van der Waals surface area contributed by atoms with Crippen LogP contribution >= 0.6 is 0 Å². The van der Waals surface area contributed by atoms with E-state index in [0.717, 1.165) is 60.6 Å². The van der Waals surface area contributed by atoms with Gasteiger partial charge in [0.1, 0.15) is 0 Å². The van der Waals surface area contributed by atoms with Gasteiger partial charge >= 0.3 is 0 Å². The number of unbranched alkanes of at least 4 members (excludes halogenated alkanes) is 14. The first-order valence-electron chi connectivity index (χ1n) is 20.2. The molecule has 51 heavy (non-hydrogen) atoms. The summed E-state index contributed by atoms with van der Waals surface area (Å²) in [7, 11) is 0. The third-order valence-electron chi connectivity index (χ3n) is 9.87. The van der Waals surface area contributed by atoms with Gasteiger partial charge < -0.3 is 5.32 Å². The summed E-state index contributed by atoms with van der Waals surface area (Å²) < 4.78 is 0. The van der Waals surface area contributed by atoms with Crippen LogP contribution < -0.4 is 5.32 Å². The first-order chi connectivity index (χ1) is 25.1. The van der Waals surface area contributed by atoms with Crippen LogP contribution in [0.4, 0.5) is 17.1 Å². The molecule has 0 fully saturated rings. The molecule has 0 heterocycles. The molecule has 0 unspecified atom stereocenters. The first kappa shape index (κ1) is 39.7. The predicted octanol–water partition coefficient (Wildman–Crippen LogP) is 13.9. The number of amides is 1. The SMILES string of the molecule is CCCCCCCCCCC(CCCCCCCCCC)C(=O)Nc1ccc(N=C2C=CC(=Nc3ccc(Cc4ccccc4)cc3)C=C2)cc1. The lowest BCUT2D eigenvalue weighted by Crippen LogP contribution is -2.23. The average molecular weight is 686 g/mol. The maximum atomic E-state index is 13.5. The average Bonchev–Trinajstić information content (AvgIpc) is 3.15. The number of nitrogens with one attached hydrogen (secondary N) is 1. The van der Waals surface area contributed by atoms with Crippen molar-refractivity contribution in [3.63, 3.8) is 0 Å². The molecule has 3 aromatic rings. The van der Waals surface area contributed by atoms with Gasteiger partial charge in [-0.25, -0.2) is 9.98 Å². The minimum absolute atomic E-state index is 0.0886. The fourth-order valence-electron chi connectivity index (χ4n) is 6.74. The Kier molecular flexibility index (Phi) is 18.8. The predicted molar refractivity (Wildman–Crippen MR) is 221 cm³/mol. The number of anilines is 1. The number of allylic oxidation sites excluding steroid dienone is 4. The van der Waals surface area contributed by atoms with Gasteiger partial charge in [-0.15, -0.1) is 0 Å². The highest BCUT2D eigenvalue weighted by Crippen LogP contribution is 2.24. The highest BCUT2D eigenvalue weighted by Gasteiger charge is 2.18. The number of aliphatic imine (C=N–C) groups is 2. The quantitative estimate of drug-likeness (QED) is 0.0740. The first-order valence-corrected chi connectivity index (χ1v) is 20.2. The third-order valence-corrected chi connectivity index (χ3v) is 9.87. The van der Waals surface area contributed by atoms with Crippen molar-refractivity contribution in [2.24, 2.45) is 15.9 Å². The van der Waals surface area contributed by atoms with Crippen molar-refractivity contribution >= 4 is 34.4 Å². The van der Waals surface area contributed by atoms with Gasteiger partial charge in [0.25, 0.3) is 0 Å². The molecule has 1 amide bonds. The lowest BCUT2D eigenvalue weighted by Gasteiger charge is -2.17. The van der Waals surface area contributed by atoms with Crippen LogP contribution in [0.15, 0.2) is 113 Å². The standard InChI is InChI=1S/C47H63N3O/c1-3-5-7-9-11-13-15-20-24-41(25-21-16-14-12-10-8-6-4-2)47(51)50-46-36-34-45(35-37-46)49-44-32-30-43(31-33-44)48-42-28-26-40(27-29-42)38-39-22-18-17-19-23-39/h17-19,22-23,26-37,41H,3-16,20-21,24-25,38H2,1-2H3,(H,50,51). The normalized spacial score (nSPS) is 12.5. The minimum atomic E-state index is 0.0886. The molecular weight excluding hydrogens is 623 g/mol. The summed E-state index contributed by atoms with van der Waals surface area (Å²) in [5.41, 5.74) is 7.00. The summed E-state index contributed by atoms with van der Waals surface area (Å²) in [5, 5.41) is 3.24. The van der Waals surface area contributed by atoms with E-state index in [1.165, 1.54) is 101 Å². The van der Waals surface area contributed by atoms with Gasteiger partial charge in [-0.3, -0.25) is 4.79 Å². The highest BCUT2D eigenvalue weighted by atomic mass is 16.1. The molecule has 0 saturated carbocycles. The Morgan fingerprint density at radius 1 is 0.510 bits per heavy atom. The Bertz CT molecular complexity index is 1480. The maximum Gasteiger partial charge on any atom is 0.227 e. The van der Waals surface area contributed by atoms with E-state index in [9.17, 15) is 4.79 Å². The number of rotatable bonds is 24. The van der Waals surface area contributed by atoms with Crippen LogP contribution in [-0.2, 0) is 11.2 Å². The maximum absolute atomic E-state index is 13.5. The zero-order chi connectivity index (χ0) is 35.8. The van der Waals surface area contributed by atoms with Gasteiger partial charge in [-0.1, -0.05) is 159 Å². The number of hydrogen-bond acceptors (Lipinski definition) is 3. The molecule has 0 aromatic heterocycles. The largest absolute Gasteiger partial charge is 0.326 e. The van der Waals surface area contributed by atoms with E-state index in [1.807, 2.05) is 54.6 Å². The van der Waals surface area contributed by atoms with E-state index >= 15 is 0 Å². The summed E-state index contributed by atoms with van der Waals surface area (Å²) in [6.07, 6.45) is 31.7. The fraction of sp³-hybridized carbons (Fsp3) is 0.468. The smallest absolute Gasteiger partial charge is 0.227 e. The summed E-state index contributed by atoms with van der Waals surface area (Å²) in [6.45, 7) is 4.54. The van der Waals surface area contributed by atoms with Crippen molar-refractivity contribution in [1.29, 1.82) is 0 Å². The second-order valence-corrected chi connectivity index (χ2v) is 14.3. The third kappa shape index (κ3) is 16.2. The van der Waals surface area contributed by atoms with Crippen molar-refractivity contribution in [2.45, 2.75) is 136 Å². The lowest BCUT2D eigenvalue weighted by molar-refractivity contribution is -0.120. The van der Waals surface area contributed by atoms with Gasteiger partial charge in [0, 0.05) is 11.6 Å². The van der Waals surface area contributed by atoms with Crippen molar-refractivity contribution in [2.75, 3.05) is 5.32 Å². The molecule has 4 nitrogen and oxygen atoms in total. The topological polar surface area (TPSA) is 53.8 Å². The minimum Gasteiger partial charge on any atom is -0.326 e. The number of carbonyl (C=O) groups is 1. The molecule has 4 heteroatoms. The molecule has 0 atom stereocenters. The van der Waals surface area contributed by atoms with Crippen molar-refractivity contribution in [1.82, 2.24) is 0 Å². The Morgan fingerprint density at radius 2 is 0.922 bits per heavy atom. The number of benzene rings is 3. The van der Waals surface area contributed by atoms with Crippen molar-refractivity contribution < 1.29 is 4.79 Å². The van der Waals surface area contributed by atoms with Gasteiger partial charge in [0.15, 0.2) is 0 Å². The highest BCUT2D eigenvalue weighted by molar-refractivity contribution is 6.19. The monoisotopic (exact) mass is 685 g/mol. The molecule has 0 spiro atoms. The second-order valence-electron chi connectivity index (χ2n) is 14.3. The lowest BCUT2D eigenvalue weighted by atomic mass is 9.93. The molecule has 3 aromatic carbocycles. The molecule has 0 saturated heterocycles. The van der Waals surface area contributed by atoms with E-state index in [-0.39, 0.29) is 11.8 Å². The molecule has 0 aliphatic heterocycles. The van der Waals surface area contributed by atoms with E-state index in [1.54, 1.807) is 0 Å². The van der Waals surface area contributed by atoms with Crippen molar-refractivity contribution in [3.8, 4) is 0 Å². The molecule has 0 bridgehead atoms. The zero-order valence-electron chi connectivity index (χ0n) is 31.6. The van der Waals surface area contributed by atoms with E-state index < -0.39 is 0 Å². The number of nitrogens with zero attached hydrogens (tertiary/aromatic N) is 2. The van der Waals surface area contributed by atoms with E-state index in [4.69, 9.17) is 9.98 Å². The van der Waals surface area contributed by atoms with Crippen LogP contribution in [-0.4, -0.2) is 17.3 Å². The van der Waals surface area contributed by atoms with Crippen LogP contribution in [0.3, 0.4) is 0 Å². The van der Waals surface area contributed by atoms with Crippen LogP contribution in [0.25, 0.3) is 0 Å². The summed E-state index contributed by atoms with van der Waals surface area (Å²) >= 11 is 0. The van der Waals surface area contributed by atoms with E-state index in [2.05, 4.69) is 67.7 Å². The van der Waals surface area contributed by atoms with Crippen LogP contribution in [0, 0.1) is 5.92 Å². The molecule has 1 aliphatic carbocycles. The molecule has 1 N–H and O–H groups in total. The number of carbonyl (C=O) groups excluding carboxylic acids is 1. The zero-order valence-corrected chi connectivity index (χ0v) is 31.6. The van der Waals surface area contributed by atoms with Gasteiger partial charge in [0.2, 0.25) is 5.91 Å². The summed E-state index contributed by atoms with van der Waals surface area (Å²) in [4.78, 5) is 23.1. The second kappa shape index (κ2) is 24.2. The Balaban J connectivity index is 1.24. The van der Waals surface area contributed by atoms with Gasteiger partial charge in [-0.05, 0) is 91.1 Å². The Hall–Kier alpha value is -4.05. The van der Waals surface area contributed by atoms with Crippen LogP contribution in [0.5, 0.6) is 0 Å². The molecule has 0 radical (unpaired) electrons. The van der Waals surface area contributed by atoms with Crippen molar-refractivity contribution in [3.05, 3.63) is 114 Å². The molecule has 1 aliphatic rings. The molecular formula is C47H63N3O. The van der Waals surface area contributed by atoms with Crippen LogP contribution in [0.2, 0.25) is 0 Å². The van der Waals surface area contributed by atoms with Gasteiger partial charge in [0.05, 0.1) is 22.8 Å². The van der Waals surface area contributed by atoms with Gasteiger partial charge in [-0.2, -0.15) is 0 Å². The van der Waals surface area contributed by atoms with E-state index in [0.29, 0.717) is 0 Å². The Labute approximate surface area is 309 Å². The fourth-order valence-corrected chi connectivity index (χ4v) is 6.74. The van der Waals surface area contributed by atoms with Crippen LogP contribution in [0.1, 0.15) is 141 Å².